The Kier molecular flexibility index (Phi) is 4.07. The van der Waals surface area contributed by atoms with E-state index >= 15 is 0 Å². The number of nitrogens with one attached hydrogen (secondary N) is 1. The molecule has 98 valence electrons. The molecule has 2 rings (SSSR count). The minimum absolute atomic E-state index is 0.0552. The topological polar surface area (TPSA) is 55.2 Å². The van der Waals surface area contributed by atoms with Gasteiger partial charge < -0.3 is 5.32 Å². The fourth-order valence-electron chi connectivity index (χ4n) is 1.74. The van der Waals surface area contributed by atoms with Gasteiger partial charge in [-0.15, -0.1) is 0 Å². The standard InChI is InChI=1S/C14H13FN2O2/c15-14-4-2-1-3-11(14)9-10-16-12-5-7-13(8-6-12)17(18)19/h1-8,16H,9-10H2. The smallest absolute Gasteiger partial charge is 0.269 e. The lowest BCUT2D eigenvalue weighted by Gasteiger charge is -2.06. The summed E-state index contributed by atoms with van der Waals surface area (Å²) in [6, 6.07) is 12.8. The van der Waals surface area contributed by atoms with E-state index in [-0.39, 0.29) is 11.5 Å². The summed E-state index contributed by atoms with van der Waals surface area (Å²) in [6.45, 7) is 0.568. The van der Waals surface area contributed by atoms with Gasteiger partial charge in [0.15, 0.2) is 0 Å². The highest BCUT2D eigenvalue weighted by atomic mass is 19.1. The summed E-state index contributed by atoms with van der Waals surface area (Å²) in [5, 5.41) is 13.6. The van der Waals surface area contributed by atoms with Gasteiger partial charge >= 0.3 is 0 Å². The summed E-state index contributed by atoms with van der Waals surface area (Å²) in [5.74, 6) is -0.215. The van der Waals surface area contributed by atoms with E-state index in [2.05, 4.69) is 5.32 Å². The van der Waals surface area contributed by atoms with E-state index in [0.29, 0.717) is 18.5 Å². The molecule has 0 amide bonds. The van der Waals surface area contributed by atoms with Crippen LogP contribution in [0.5, 0.6) is 0 Å². The number of nitro benzene ring substituents is 1. The maximum atomic E-state index is 13.4. The Balaban J connectivity index is 1.89. The highest BCUT2D eigenvalue weighted by Crippen LogP contribution is 2.15. The van der Waals surface area contributed by atoms with Crippen molar-refractivity contribution in [1.82, 2.24) is 0 Å². The van der Waals surface area contributed by atoms with Gasteiger partial charge in [0.25, 0.3) is 5.69 Å². The van der Waals surface area contributed by atoms with Crippen LogP contribution in [0.1, 0.15) is 5.56 Å². The van der Waals surface area contributed by atoms with Crippen LogP contribution >= 0.6 is 0 Å². The average Bonchev–Trinajstić information content (AvgIpc) is 2.41. The Morgan fingerprint density at radius 2 is 1.79 bits per heavy atom. The maximum Gasteiger partial charge on any atom is 0.269 e. The molecule has 0 saturated heterocycles. The van der Waals surface area contributed by atoms with Crippen molar-refractivity contribution in [2.45, 2.75) is 6.42 Å². The molecule has 0 heterocycles. The van der Waals surface area contributed by atoms with Gasteiger partial charge in [0.1, 0.15) is 5.82 Å². The van der Waals surface area contributed by atoms with Crippen LogP contribution in [0.2, 0.25) is 0 Å². The number of benzene rings is 2. The number of nitrogens with zero attached hydrogens (tertiary/aromatic N) is 1. The van der Waals surface area contributed by atoms with Crippen LogP contribution in [0.4, 0.5) is 15.8 Å². The molecule has 4 nitrogen and oxygen atoms in total. The van der Waals surface area contributed by atoms with Crippen molar-refractivity contribution >= 4 is 11.4 Å². The molecule has 0 fully saturated rings. The van der Waals surface area contributed by atoms with Crippen LogP contribution in [0.3, 0.4) is 0 Å². The lowest BCUT2D eigenvalue weighted by Crippen LogP contribution is -2.06. The first-order chi connectivity index (χ1) is 9.16. The largest absolute Gasteiger partial charge is 0.385 e. The molecule has 5 heteroatoms. The molecule has 0 radical (unpaired) electrons. The molecule has 1 N–H and O–H groups in total. The Hall–Kier alpha value is -2.43. The zero-order valence-corrected chi connectivity index (χ0v) is 10.2. The second-order valence-electron chi connectivity index (χ2n) is 4.07. The summed E-state index contributed by atoms with van der Waals surface area (Å²) in [4.78, 5) is 10.1. The van der Waals surface area contributed by atoms with Crippen LogP contribution in [0.25, 0.3) is 0 Å². The van der Waals surface area contributed by atoms with E-state index in [0.717, 1.165) is 5.69 Å². The summed E-state index contributed by atoms with van der Waals surface area (Å²) >= 11 is 0. The van der Waals surface area contributed by atoms with E-state index in [9.17, 15) is 14.5 Å². The van der Waals surface area contributed by atoms with E-state index in [1.54, 1.807) is 30.3 Å². The van der Waals surface area contributed by atoms with Crippen molar-refractivity contribution in [2.24, 2.45) is 0 Å². The maximum absolute atomic E-state index is 13.4. The molecule has 0 aliphatic rings. The number of rotatable bonds is 5. The highest BCUT2D eigenvalue weighted by molar-refractivity contribution is 5.48. The molecule has 0 spiro atoms. The van der Waals surface area contributed by atoms with E-state index in [1.807, 2.05) is 0 Å². The van der Waals surface area contributed by atoms with Crippen molar-refractivity contribution in [3.05, 3.63) is 70.0 Å². The molecule has 0 aliphatic heterocycles. The highest BCUT2D eigenvalue weighted by Gasteiger charge is 2.04. The lowest BCUT2D eigenvalue weighted by molar-refractivity contribution is -0.384. The third-order valence-corrected chi connectivity index (χ3v) is 2.76. The number of hydrogen-bond donors (Lipinski definition) is 1. The Morgan fingerprint density at radius 1 is 1.11 bits per heavy atom. The van der Waals surface area contributed by atoms with E-state index in [4.69, 9.17) is 0 Å². The van der Waals surface area contributed by atoms with Gasteiger partial charge in [-0.1, -0.05) is 18.2 Å². The Labute approximate surface area is 110 Å². The van der Waals surface area contributed by atoms with Crippen LogP contribution in [-0.4, -0.2) is 11.5 Å². The van der Waals surface area contributed by atoms with Crippen molar-refractivity contribution < 1.29 is 9.31 Å². The first-order valence-electron chi connectivity index (χ1n) is 5.88. The monoisotopic (exact) mass is 260 g/mol. The number of anilines is 1. The second kappa shape index (κ2) is 5.95. The number of non-ortho nitro benzene ring substituents is 1. The van der Waals surface area contributed by atoms with Gasteiger partial charge in [0.2, 0.25) is 0 Å². The first kappa shape index (κ1) is 13.0. The van der Waals surface area contributed by atoms with Gasteiger partial charge in [-0.25, -0.2) is 4.39 Å². The molecule has 19 heavy (non-hydrogen) atoms. The van der Waals surface area contributed by atoms with Gasteiger partial charge in [0.05, 0.1) is 4.92 Å². The summed E-state index contributed by atoms with van der Waals surface area (Å²) < 4.78 is 13.4. The predicted octanol–water partition coefficient (Wildman–Crippen LogP) is 3.39. The molecule has 0 aromatic heterocycles. The van der Waals surface area contributed by atoms with Gasteiger partial charge in [-0.2, -0.15) is 0 Å². The number of halogens is 1. The number of nitro groups is 1. The first-order valence-corrected chi connectivity index (χ1v) is 5.88. The summed E-state index contributed by atoms with van der Waals surface area (Å²) in [6.07, 6.45) is 0.559. The Bertz CT molecular complexity index is 570. The zero-order valence-electron chi connectivity index (χ0n) is 10.2. The lowest BCUT2D eigenvalue weighted by atomic mass is 10.1. The summed E-state index contributed by atoms with van der Waals surface area (Å²) in [5.41, 5.74) is 1.48. The van der Waals surface area contributed by atoms with Crippen molar-refractivity contribution in [3.8, 4) is 0 Å². The third-order valence-electron chi connectivity index (χ3n) is 2.76. The van der Waals surface area contributed by atoms with Gasteiger partial charge in [-0.05, 0) is 30.2 Å². The normalized spacial score (nSPS) is 10.2. The molecule has 2 aromatic carbocycles. The van der Waals surface area contributed by atoms with Gasteiger partial charge in [0, 0.05) is 24.4 Å². The minimum atomic E-state index is -0.441. The number of hydrogen-bond acceptors (Lipinski definition) is 3. The molecular weight excluding hydrogens is 247 g/mol. The summed E-state index contributed by atoms with van der Waals surface area (Å²) in [7, 11) is 0. The van der Waals surface area contributed by atoms with Gasteiger partial charge in [-0.3, -0.25) is 10.1 Å². The van der Waals surface area contributed by atoms with E-state index in [1.165, 1.54) is 18.2 Å². The Morgan fingerprint density at radius 3 is 2.42 bits per heavy atom. The fraction of sp³-hybridized carbons (Fsp3) is 0.143. The van der Waals surface area contributed by atoms with Crippen molar-refractivity contribution in [1.29, 1.82) is 0 Å². The predicted molar refractivity (Wildman–Crippen MR) is 71.7 cm³/mol. The van der Waals surface area contributed by atoms with E-state index < -0.39 is 4.92 Å². The molecule has 0 bridgehead atoms. The molecule has 0 atom stereocenters. The minimum Gasteiger partial charge on any atom is -0.385 e. The SMILES string of the molecule is O=[N+]([O-])c1ccc(NCCc2ccccc2F)cc1. The van der Waals surface area contributed by atoms with Crippen LogP contribution in [0.15, 0.2) is 48.5 Å². The van der Waals surface area contributed by atoms with Crippen LogP contribution in [0, 0.1) is 15.9 Å². The van der Waals surface area contributed by atoms with Crippen LogP contribution in [-0.2, 0) is 6.42 Å². The van der Waals surface area contributed by atoms with Crippen molar-refractivity contribution in [3.63, 3.8) is 0 Å². The molecular formula is C14H13FN2O2. The third kappa shape index (κ3) is 3.51. The molecule has 0 aliphatic carbocycles. The molecule has 2 aromatic rings. The van der Waals surface area contributed by atoms with Crippen LogP contribution < -0.4 is 5.32 Å². The quantitative estimate of drug-likeness (QED) is 0.662. The second-order valence-corrected chi connectivity index (χ2v) is 4.07. The average molecular weight is 260 g/mol. The van der Waals surface area contributed by atoms with Crippen molar-refractivity contribution in [2.75, 3.05) is 11.9 Å². The molecule has 0 unspecified atom stereocenters. The fourth-order valence-corrected chi connectivity index (χ4v) is 1.74. The molecule has 0 saturated carbocycles. The zero-order chi connectivity index (χ0) is 13.7.